The highest BCUT2D eigenvalue weighted by molar-refractivity contribution is 9.10. The van der Waals surface area contributed by atoms with E-state index in [1.54, 1.807) is 0 Å². The molecule has 0 spiro atoms. The largest absolute Gasteiger partial charge is 0.396 e. The van der Waals surface area contributed by atoms with Gasteiger partial charge in [0.15, 0.2) is 0 Å². The lowest BCUT2D eigenvalue weighted by atomic mass is 9.83. The van der Waals surface area contributed by atoms with Crippen molar-refractivity contribution in [2.45, 2.75) is 52.0 Å². The maximum Gasteiger partial charge on any atom is 0.230 e. The number of halogens is 1. The van der Waals surface area contributed by atoms with Crippen LogP contribution in [0.2, 0.25) is 0 Å². The van der Waals surface area contributed by atoms with Gasteiger partial charge in [-0.2, -0.15) is 0 Å². The van der Waals surface area contributed by atoms with E-state index in [0.717, 1.165) is 22.9 Å². The fourth-order valence-electron chi connectivity index (χ4n) is 2.25. The molecule has 0 fully saturated rings. The highest BCUT2D eigenvalue weighted by atomic mass is 79.9. The molecular formula is C17H26BrNO2. The summed E-state index contributed by atoms with van der Waals surface area (Å²) in [6.07, 6.45) is 1.67. The monoisotopic (exact) mass is 355 g/mol. The Bertz CT molecular complexity index is 456. The highest BCUT2D eigenvalue weighted by Gasteiger charge is 2.31. The molecule has 0 aliphatic carbocycles. The zero-order valence-electron chi connectivity index (χ0n) is 13.3. The summed E-state index contributed by atoms with van der Waals surface area (Å²) < 4.78 is 1.01. The Morgan fingerprint density at radius 2 is 1.90 bits per heavy atom. The lowest BCUT2D eigenvalue weighted by Gasteiger charge is -2.28. The molecule has 118 valence electrons. The minimum atomic E-state index is -0.573. The topological polar surface area (TPSA) is 49.3 Å². The third-order valence-electron chi connectivity index (χ3n) is 3.96. The number of carbonyl (C=O) groups is 1. The number of rotatable bonds is 7. The number of hydrogen-bond acceptors (Lipinski definition) is 2. The molecule has 1 rings (SSSR count). The van der Waals surface area contributed by atoms with E-state index in [1.807, 2.05) is 45.0 Å². The van der Waals surface area contributed by atoms with E-state index < -0.39 is 5.41 Å². The first-order valence-electron chi connectivity index (χ1n) is 7.49. The Hall–Kier alpha value is -0.870. The normalized spacial score (nSPS) is 14.6. The summed E-state index contributed by atoms with van der Waals surface area (Å²) in [6, 6.07) is 7.96. The van der Waals surface area contributed by atoms with Gasteiger partial charge in [-0.3, -0.25) is 4.79 Å². The average molecular weight is 356 g/mol. The number of amides is 1. The van der Waals surface area contributed by atoms with Crippen LogP contribution in [0.4, 0.5) is 0 Å². The van der Waals surface area contributed by atoms with Gasteiger partial charge in [0.25, 0.3) is 0 Å². The molecule has 1 aromatic carbocycles. The van der Waals surface area contributed by atoms with Crippen molar-refractivity contribution in [1.29, 1.82) is 0 Å². The van der Waals surface area contributed by atoms with Crippen LogP contribution in [-0.4, -0.2) is 23.7 Å². The molecule has 1 aromatic rings. The fraction of sp³-hybridized carbons (Fsp3) is 0.588. The predicted octanol–water partition coefficient (Wildman–Crippen LogP) is 3.64. The number of aliphatic hydroxyl groups excluding tert-OH is 1. The molecule has 0 saturated heterocycles. The summed E-state index contributed by atoms with van der Waals surface area (Å²) in [4.78, 5) is 12.6. The molecule has 0 saturated carbocycles. The molecule has 0 aliphatic rings. The lowest BCUT2D eigenvalue weighted by molar-refractivity contribution is -0.126. The Morgan fingerprint density at radius 1 is 1.33 bits per heavy atom. The van der Waals surface area contributed by atoms with Crippen LogP contribution in [0.25, 0.3) is 0 Å². The van der Waals surface area contributed by atoms with E-state index in [9.17, 15) is 4.79 Å². The van der Waals surface area contributed by atoms with Gasteiger partial charge in [0, 0.05) is 17.1 Å². The van der Waals surface area contributed by atoms with Crippen molar-refractivity contribution < 1.29 is 9.90 Å². The van der Waals surface area contributed by atoms with Crippen molar-refractivity contribution >= 4 is 21.8 Å². The second-order valence-corrected chi connectivity index (χ2v) is 7.15. The Labute approximate surface area is 136 Å². The molecule has 0 aromatic heterocycles. The number of aliphatic hydroxyl groups is 1. The van der Waals surface area contributed by atoms with E-state index >= 15 is 0 Å². The number of nitrogens with one attached hydrogen (secondary N) is 1. The quantitative estimate of drug-likeness (QED) is 0.784. The molecule has 1 amide bonds. The molecule has 0 radical (unpaired) electrons. The maximum atomic E-state index is 12.6. The van der Waals surface area contributed by atoms with Crippen molar-refractivity contribution in [3.63, 3.8) is 0 Å². The number of carbonyl (C=O) groups excluding carboxylic acids is 1. The van der Waals surface area contributed by atoms with Crippen LogP contribution in [0.15, 0.2) is 28.7 Å². The molecule has 0 bridgehead atoms. The fourth-order valence-corrected chi connectivity index (χ4v) is 2.52. The summed E-state index contributed by atoms with van der Waals surface area (Å²) >= 11 is 3.41. The van der Waals surface area contributed by atoms with Crippen LogP contribution < -0.4 is 5.32 Å². The minimum Gasteiger partial charge on any atom is -0.396 e. The van der Waals surface area contributed by atoms with E-state index in [2.05, 4.69) is 28.2 Å². The Balaban J connectivity index is 2.78. The first kappa shape index (κ1) is 18.2. The van der Waals surface area contributed by atoms with E-state index in [0.29, 0.717) is 0 Å². The number of benzene rings is 1. The molecule has 21 heavy (non-hydrogen) atoms. The van der Waals surface area contributed by atoms with Gasteiger partial charge < -0.3 is 10.4 Å². The molecule has 0 heterocycles. The van der Waals surface area contributed by atoms with Gasteiger partial charge >= 0.3 is 0 Å². The van der Waals surface area contributed by atoms with Crippen LogP contribution >= 0.6 is 15.9 Å². The van der Waals surface area contributed by atoms with Gasteiger partial charge in [-0.1, -0.05) is 41.9 Å². The van der Waals surface area contributed by atoms with Crippen LogP contribution in [0.3, 0.4) is 0 Å². The molecule has 0 unspecified atom stereocenters. The maximum absolute atomic E-state index is 12.6. The van der Waals surface area contributed by atoms with E-state index in [-0.39, 0.29) is 24.5 Å². The summed E-state index contributed by atoms with van der Waals surface area (Å²) in [5, 5.41) is 12.3. The Morgan fingerprint density at radius 3 is 2.38 bits per heavy atom. The van der Waals surface area contributed by atoms with Gasteiger partial charge in [0.05, 0.1) is 5.41 Å². The van der Waals surface area contributed by atoms with Crippen LogP contribution in [0, 0.1) is 5.92 Å². The first-order chi connectivity index (χ1) is 9.81. The van der Waals surface area contributed by atoms with Crippen LogP contribution in [-0.2, 0) is 10.2 Å². The third kappa shape index (κ3) is 5.11. The average Bonchev–Trinajstić information content (AvgIpc) is 2.46. The molecule has 2 atom stereocenters. The number of hydrogen-bond donors (Lipinski definition) is 2. The lowest BCUT2D eigenvalue weighted by Crippen LogP contribution is -2.45. The van der Waals surface area contributed by atoms with Crippen molar-refractivity contribution in [2.75, 3.05) is 6.61 Å². The highest BCUT2D eigenvalue weighted by Crippen LogP contribution is 2.25. The van der Waals surface area contributed by atoms with E-state index in [1.165, 1.54) is 0 Å². The van der Waals surface area contributed by atoms with Crippen LogP contribution in [0.5, 0.6) is 0 Å². The standard InChI is InChI=1S/C17H26BrNO2/c1-5-15(10-12(2)11-20)19-16(21)17(3,4)13-6-8-14(18)9-7-13/h6-9,12,15,20H,5,10-11H2,1-4H3,(H,19,21)/t12-,15-/m1/s1. The Kier molecular flexibility index (Phi) is 6.88. The molecular weight excluding hydrogens is 330 g/mol. The zero-order chi connectivity index (χ0) is 16.0. The smallest absolute Gasteiger partial charge is 0.230 e. The van der Waals surface area contributed by atoms with Gasteiger partial charge in [0.1, 0.15) is 0 Å². The second-order valence-electron chi connectivity index (χ2n) is 6.23. The SMILES string of the molecule is CC[C@H](C[C@@H](C)CO)NC(=O)C(C)(C)c1ccc(Br)cc1. The summed E-state index contributed by atoms with van der Waals surface area (Å²) in [6.45, 7) is 8.08. The van der Waals surface area contributed by atoms with Crippen molar-refractivity contribution in [2.24, 2.45) is 5.92 Å². The van der Waals surface area contributed by atoms with E-state index in [4.69, 9.17) is 5.11 Å². The molecule has 3 nitrogen and oxygen atoms in total. The van der Waals surface area contributed by atoms with Crippen molar-refractivity contribution in [3.05, 3.63) is 34.3 Å². The second kappa shape index (κ2) is 7.95. The molecule has 2 N–H and O–H groups in total. The van der Waals surface area contributed by atoms with Gasteiger partial charge in [-0.05, 0) is 50.3 Å². The third-order valence-corrected chi connectivity index (χ3v) is 4.49. The van der Waals surface area contributed by atoms with Crippen molar-refractivity contribution in [3.8, 4) is 0 Å². The van der Waals surface area contributed by atoms with Gasteiger partial charge in [0.2, 0.25) is 5.91 Å². The molecule has 0 aliphatic heterocycles. The van der Waals surface area contributed by atoms with Gasteiger partial charge in [-0.25, -0.2) is 0 Å². The summed E-state index contributed by atoms with van der Waals surface area (Å²) in [5.74, 6) is 0.229. The minimum absolute atomic E-state index is 0.0295. The van der Waals surface area contributed by atoms with Gasteiger partial charge in [-0.15, -0.1) is 0 Å². The van der Waals surface area contributed by atoms with Crippen LogP contribution in [0.1, 0.15) is 46.1 Å². The summed E-state index contributed by atoms with van der Waals surface area (Å²) in [5.41, 5.74) is 0.421. The zero-order valence-corrected chi connectivity index (χ0v) is 14.9. The first-order valence-corrected chi connectivity index (χ1v) is 8.28. The molecule has 4 heteroatoms. The summed E-state index contributed by atoms with van der Waals surface area (Å²) in [7, 11) is 0. The predicted molar refractivity (Wildman–Crippen MR) is 90.3 cm³/mol. The van der Waals surface area contributed by atoms with Crippen molar-refractivity contribution in [1.82, 2.24) is 5.32 Å².